The van der Waals surface area contributed by atoms with Gasteiger partial charge in [0.1, 0.15) is 11.6 Å². The molecular formula is C13H16BrF2NO. The molecule has 0 fully saturated rings. The zero-order valence-electron chi connectivity index (χ0n) is 10.4. The van der Waals surface area contributed by atoms with Gasteiger partial charge in [0, 0.05) is 17.9 Å². The molecule has 0 atom stereocenters. The Labute approximate surface area is 114 Å². The van der Waals surface area contributed by atoms with E-state index < -0.39 is 17.5 Å². The predicted octanol–water partition coefficient (Wildman–Crippen LogP) is 3.51. The maximum Gasteiger partial charge on any atom is 0.254 e. The lowest BCUT2D eigenvalue weighted by Gasteiger charge is -2.23. The predicted molar refractivity (Wildman–Crippen MR) is 70.9 cm³/mol. The molecule has 0 bridgehead atoms. The SMILES string of the molecule is CC(C)(CCBr)CNC(=O)c1ccc(F)cc1F. The third-order valence-corrected chi connectivity index (χ3v) is 3.07. The van der Waals surface area contributed by atoms with Crippen molar-refractivity contribution in [1.29, 1.82) is 0 Å². The Hall–Kier alpha value is -0.970. The van der Waals surface area contributed by atoms with Crippen LogP contribution in [0.3, 0.4) is 0 Å². The molecule has 2 nitrogen and oxygen atoms in total. The Kier molecular flexibility index (Phi) is 5.26. The molecule has 1 aromatic carbocycles. The fraction of sp³-hybridized carbons (Fsp3) is 0.462. The Morgan fingerprint density at radius 1 is 1.39 bits per heavy atom. The van der Waals surface area contributed by atoms with Crippen LogP contribution in [0.15, 0.2) is 18.2 Å². The molecule has 0 radical (unpaired) electrons. The molecule has 18 heavy (non-hydrogen) atoms. The van der Waals surface area contributed by atoms with Crippen molar-refractivity contribution in [3.8, 4) is 0 Å². The van der Waals surface area contributed by atoms with Crippen molar-refractivity contribution in [2.24, 2.45) is 5.41 Å². The molecule has 5 heteroatoms. The number of halogens is 3. The molecule has 1 N–H and O–H groups in total. The van der Waals surface area contributed by atoms with Crippen molar-refractivity contribution < 1.29 is 13.6 Å². The second-order valence-electron chi connectivity index (χ2n) is 4.91. The monoisotopic (exact) mass is 319 g/mol. The largest absolute Gasteiger partial charge is 0.351 e. The summed E-state index contributed by atoms with van der Waals surface area (Å²) in [5, 5.41) is 3.50. The second-order valence-corrected chi connectivity index (χ2v) is 5.70. The lowest BCUT2D eigenvalue weighted by molar-refractivity contribution is 0.0932. The quantitative estimate of drug-likeness (QED) is 0.827. The first kappa shape index (κ1) is 15.1. The van der Waals surface area contributed by atoms with Crippen molar-refractivity contribution in [2.75, 3.05) is 11.9 Å². The van der Waals surface area contributed by atoms with E-state index in [1.807, 2.05) is 13.8 Å². The van der Waals surface area contributed by atoms with E-state index in [1.54, 1.807) is 0 Å². The first-order chi connectivity index (χ1) is 8.35. The van der Waals surface area contributed by atoms with Crippen molar-refractivity contribution in [1.82, 2.24) is 5.32 Å². The number of nitrogens with one attached hydrogen (secondary N) is 1. The van der Waals surface area contributed by atoms with E-state index in [4.69, 9.17) is 0 Å². The second kappa shape index (κ2) is 6.27. The maximum absolute atomic E-state index is 13.4. The number of hydrogen-bond donors (Lipinski definition) is 1. The molecule has 0 heterocycles. The van der Waals surface area contributed by atoms with Crippen LogP contribution >= 0.6 is 15.9 Å². The number of rotatable bonds is 5. The summed E-state index contributed by atoms with van der Waals surface area (Å²) < 4.78 is 26.1. The van der Waals surface area contributed by atoms with Crippen LogP contribution in [0.4, 0.5) is 8.78 Å². The van der Waals surface area contributed by atoms with E-state index in [-0.39, 0.29) is 11.0 Å². The Morgan fingerprint density at radius 3 is 2.61 bits per heavy atom. The summed E-state index contributed by atoms with van der Waals surface area (Å²) in [4.78, 5) is 11.7. The first-order valence-corrected chi connectivity index (χ1v) is 6.77. The van der Waals surface area contributed by atoms with Gasteiger partial charge in [0.25, 0.3) is 5.91 Å². The molecule has 0 aliphatic carbocycles. The Bertz CT molecular complexity index is 435. The maximum atomic E-state index is 13.4. The lowest BCUT2D eigenvalue weighted by Crippen LogP contribution is -2.34. The van der Waals surface area contributed by atoms with Crippen molar-refractivity contribution in [3.63, 3.8) is 0 Å². The lowest BCUT2D eigenvalue weighted by atomic mass is 9.90. The fourth-order valence-electron chi connectivity index (χ4n) is 1.43. The van der Waals surface area contributed by atoms with Gasteiger partial charge in [0.2, 0.25) is 0 Å². The van der Waals surface area contributed by atoms with Crippen LogP contribution in [-0.4, -0.2) is 17.8 Å². The zero-order chi connectivity index (χ0) is 13.8. The molecule has 0 saturated carbocycles. The number of benzene rings is 1. The standard InChI is InChI=1S/C13H16BrF2NO/c1-13(2,5-6-14)8-17-12(18)10-4-3-9(15)7-11(10)16/h3-4,7H,5-6,8H2,1-2H3,(H,17,18). The summed E-state index contributed by atoms with van der Waals surface area (Å²) in [7, 11) is 0. The smallest absolute Gasteiger partial charge is 0.254 e. The first-order valence-electron chi connectivity index (χ1n) is 5.65. The normalized spacial score (nSPS) is 11.4. The minimum Gasteiger partial charge on any atom is -0.351 e. The van der Waals surface area contributed by atoms with E-state index in [1.165, 1.54) is 0 Å². The minimum atomic E-state index is -0.842. The molecule has 0 unspecified atom stereocenters. The molecule has 1 rings (SSSR count). The molecule has 100 valence electrons. The Morgan fingerprint density at radius 2 is 2.06 bits per heavy atom. The molecule has 1 amide bonds. The highest BCUT2D eigenvalue weighted by Crippen LogP contribution is 2.20. The van der Waals surface area contributed by atoms with E-state index in [2.05, 4.69) is 21.2 Å². The summed E-state index contributed by atoms with van der Waals surface area (Å²) in [6.07, 6.45) is 0.888. The highest BCUT2D eigenvalue weighted by atomic mass is 79.9. The topological polar surface area (TPSA) is 29.1 Å². The van der Waals surface area contributed by atoms with Gasteiger partial charge in [-0.3, -0.25) is 4.79 Å². The van der Waals surface area contributed by atoms with Gasteiger partial charge < -0.3 is 5.32 Å². The van der Waals surface area contributed by atoms with Crippen molar-refractivity contribution in [2.45, 2.75) is 20.3 Å². The van der Waals surface area contributed by atoms with E-state index in [0.29, 0.717) is 12.6 Å². The van der Waals surface area contributed by atoms with Gasteiger partial charge in [0.05, 0.1) is 5.56 Å². The molecule has 0 saturated heterocycles. The molecule has 0 aliphatic heterocycles. The number of amides is 1. The highest BCUT2D eigenvalue weighted by molar-refractivity contribution is 9.09. The van der Waals surface area contributed by atoms with Crippen LogP contribution in [0.5, 0.6) is 0 Å². The van der Waals surface area contributed by atoms with Crippen LogP contribution < -0.4 is 5.32 Å². The van der Waals surface area contributed by atoms with E-state index in [9.17, 15) is 13.6 Å². The average molecular weight is 320 g/mol. The van der Waals surface area contributed by atoms with Crippen molar-refractivity contribution >= 4 is 21.8 Å². The van der Waals surface area contributed by atoms with Gasteiger partial charge in [0.15, 0.2) is 0 Å². The van der Waals surface area contributed by atoms with Crippen LogP contribution in [0.1, 0.15) is 30.6 Å². The average Bonchev–Trinajstić information content (AvgIpc) is 2.26. The van der Waals surface area contributed by atoms with Crippen LogP contribution in [-0.2, 0) is 0 Å². The van der Waals surface area contributed by atoms with Crippen molar-refractivity contribution in [3.05, 3.63) is 35.4 Å². The number of hydrogen-bond acceptors (Lipinski definition) is 1. The Balaban J connectivity index is 2.66. The molecule has 0 aliphatic rings. The summed E-state index contributed by atoms with van der Waals surface area (Å²) in [6.45, 7) is 4.46. The van der Waals surface area contributed by atoms with Gasteiger partial charge in [-0.25, -0.2) is 8.78 Å². The molecule has 1 aromatic rings. The van der Waals surface area contributed by atoms with Gasteiger partial charge in [-0.2, -0.15) is 0 Å². The molecule has 0 spiro atoms. The molecule has 0 aromatic heterocycles. The van der Waals surface area contributed by atoms with Crippen LogP contribution in [0.2, 0.25) is 0 Å². The third-order valence-electron chi connectivity index (χ3n) is 2.67. The van der Waals surface area contributed by atoms with Gasteiger partial charge in [-0.1, -0.05) is 29.8 Å². The fourth-order valence-corrected chi connectivity index (χ4v) is 2.51. The number of carbonyl (C=O) groups excluding carboxylic acids is 1. The van der Waals surface area contributed by atoms with Gasteiger partial charge >= 0.3 is 0 Å². The molecular weight excluding hydrogens is 304 g/mol. The van der Waals surface area contributed by atoms with Crippen LogP contribution in [0.25, 0.3) is 0 Å². The summed E-state index contributed by atoms with van der Waals surface area (Å²) in [5.74, 6) is -2.05. The van der Waals surface area contributed by atoms with E-state index >= 15 is 0 Å². The third kappa shape index (κ3) is 4.37. The van der Waals surface area contributed by atoms with Gasteiger partial charge in [-0.05, 0) is 24.0 Å². The van der Waals surface area contributed by atoms with E-state index in [0.717, 1.165) is 23.9 Å². The number of carbonyl (C=O) groups is 1. The minimum absolute atomic E-state index is 0.0737. The van der Waals surface area contributed by atoms with Gasteiger partial charge in [-0.15, -0.1) is 0 Å². The summed E-state index contributed by atoms with van der Waals surface area (Å²) >= 11 is 3.34. The summed E-state index contributed by atoms with van der Waals surface area (Å²) in [5.41, 5.74) is -0.207. The van der Waals surface area contributed by atoms with Crippen LogP contribution in [0, 0.1) is 17.0 Å². The number of alkyl halides is 1. The summed E-state index contributed by atoms with van der Waals surface area (Å²) in [6, 6.07) is 2.93. The highest BCUT2D eigenvalue weighted by Gasteiger charge is 2.19. The zero-order valence-corrected chi connectivity index (χ0v) is 12.0.